The van der Waals surface area contributed by atoms with Crippen molar-refractivity contribution in [3.8, 4) is 0 Å². The Bertz CT molecular complexity index is 482. The maximum atomic E-state index is 12.6. The van der Waals surface area contributed by atoms with Crippen molar-refractivity contribution < 1.29 is 4.79 Å². The van der Waals surface area contributed by atoms with Crippen molar-refractivity contribution in [3.05, 3.63) is 29.8 Å². The van der Waals surface area contributed by atoms with Gasteiger partial charge >= 0.3 is 0 Å². The number of hydrogen-bond donors (Lipinski definition) is 1. The Morgan fingerprint density at radius 3 is 2.54 bits per heavy atom. The van der Waals surface area contributed by atoms with Crippen LogP contribution in [0.3, 0.4) is 0 Å². The van der Waals surface area contributed by atoms with Gasteiger partial charge in [-0.05, 0) is 50.6 Å². The van der Waals surface area contributed by atoms with Crippen LogP contribution in [-0.2, 0) is 0 Å². The number of rotatable bonds is 6. The first kappa shape index (κ1) is 23.0. The van der Waals surface area contributed by atoms with Crippen LogP contribution in [0.4, 0.5) is 5.69 Å². The Kier molecular flexibility index (Phi) is 11.1. The molecule has 2 rings (SSSR count). The normalized spacial score (nSPS) is 16.8. The van der Waals surface area contributed by atoms with Gasteiger partial charge in [0.05, 0.1) is 0 Å². The number of unbranched alkanes of at least 4 members (excludes halogenated alkanes) is 1. The maximum Gasteiger partial charge on any atom is 0.253 e. The molecule has 1 saturated heterocycles. The average Bonchev–Trinajstić information content (AvgIpc) is 2.59. The van der Waals surface area contributed by atoms with E-state index in [2.05, 4.69) is 36.3 Å². The third-order valence-electron chi connectivity index (χ3n) is 4.52. The first-order valence-electron chi connectivity index (χ1n) is 8.43. The van der Waals surface area contributed by atoms with E-state index in [1.807, 2.05) is 24.1 Å². The van der Waals surface area contributed by atoms with Crippen LogP contribution in [0.15, 0.2) is 24.3 Å². The topological polar surface area (TPSA) is 35.6 Å². The maximum absolute atomic E-state index is 12.6. The lowest BCUT2D eigenvalue weighted by atomic mass is 10.0. The third kappa shape index (κ3) is 6.15. The van der Waals surface area contributed by atoms with E-state index >= 15 is 0 Å². The second-order valence-corrected chi connectivity index (χ2v) is 6.20. The minimum Gasteiger partial charge on any atom is -0.375 e. The highest BCUT2D eigenvalue weighted by Crippen LogP contribution is 2.18. The van der Waals surface area contributed by atoms with E-state index in [0.29, 0.717) is 6.04 Å². The molecule has 6 heteroatoms. The number of anilines is 1. The number of amides is 1. The standard InChI is InChI=1S/C18H29N3O.2ClH/c1-4-5-12-20(3)17-10-8-15(9-11-17)18(22)21-13-6-7-16(14-21)19-2;;/h8-11,16,19H,4-7,12-14H2,1-3H3;2*1H. The molecule has 0 bridgehead atoms. The monoisotopic (exact) mass is 375 g/mol. The predicted molar refractivity (Wildman–Crippen MR) is 107 cm³/mol. The highest BCUT2D eigenvalue weighted by molar-refractivity contribution is 5.94. The van der Waals surface area contributed by atoms with Gasteiger partial charge in [-0.3, -0.25) is 4.79 Å². The molecule has 1 aliphatic rings. The SMILES string of the molecule is CCCCN(C)c1ccc(C(=O)N2CCCC(NC)C2)cc1.Cl.Cl. The molecule has 0 spiro atoms. The molecule has 0 radical (unpaired) electrons. The van der Waals surface area contributed by atoms with Gasteiger partial charge in [-0.25, -0.2) is 0 Å². The minimum atomic E-state index is 0. The summed E-state index contributed by atoms with van der Waals surface area (Å²) >= 11 is 0. The quantitative estimate of drug-likeness (QED) is 0.824. The van der Waals surface area contributed by atoms with Crippen LogP contribution in [-0.4, -0.2) is 50.6 Å². The zero-order valence-electron chi connectivity index (χ0n) is 15.0. The predicted octanol–water partition coefficient (Wildman–Crippen LogP) is 3.59. The van der Waals surface area contributed by atoms with Crippen LogP contribution in [0.5, 0.6) is 0 Å². The second kappa shape index (κ2) is 11.6. The van der Waals surface area contributed by atoms with Crippen LogP contribution >= 0.6 is 24.8 Å². The molecule has 4 nitrogen and oxygen atoms in total. The second-order valence-electron chi connectivity index (χ2n) is 6.20. The number of carbonyl (C=O) groups is 1. The van der Waals surface area contributed by atoms with Gasteiger partial charge in [0, 0.05) is 44.0 Å². The molecular weight excluding hydrogens is 345 g/mol. The Morgan fingerprint density at radius 2 is 1.96 bits per heavy atom. The third-order valence-corrected chi connectivity index (χ3v) is 4.52. The number of likely N-dealkylation sites (N-methyl/N-ethyl adjacent to an activating group) is 1. The first-order valence-corrected chi connectivity index (χ1v) is 8.43. The smallest absolute Gasteiger partial charge is 0.253 e. The van der Waals surface area contributed by atoms with E-state index in [1.165, 1.54) is 18.5 Å². The lowest BCUT2D eigenvalue weighted by Crippen LogP contribution is -2.46. The molecule has 1 atom stereocenters. The zero-order valence-corrected chi connectivity index (χ0v) is 16.6. The Labute approximate surface area is 158 Å². The van der Waals surface area contributed by atoms with Gasteiger partial charge in [0.2, 0.25) is 0 Å². The average molecular weight is 376 g/mol. The van der Waals surface area contributed by atoms with Crippen LogP contribution < -0.4 is 10.2 Å². The summed E-state index contributed by atoms with van der Waals surface area (Å²) in [4.78, 5) is 16.8. The Hall–Kier alpha value is -0.970. The molecule has 1 heterocycles. The van der Waals surface area contributed by atoms with Crippen LogP contribution in [0.2, 0.25) is 0 Å². The fourth-order valence-electron chi connectivity index (χ4n) is 2.96. The van der Waals surface area contributed by atoms with Crippen molar-refractivity contribution >= 4 is 36.4 Å². The van der Waals surface area contributed by atoms with Gasteiger partial charge < -0.3 is 15.1 Å². The van der Waals surface area contributed by atoms with E-state index in [4.69, 9.17) is 0 Å². The number of hydrogen-bond acceptors (Lipinski definition) is 3. The van der Waals surface area contributed by atoms with Crippen LogP contribution in [0, 0.1) is 0 Å². The van der Waals surface area contributed by atoms with Gasteiger partial charge in [-0.15, -0.1) is 24.8 Å². The molecular formula is C18H31Cl2N3O. The summed E-state index contributed by atoms with van der Waals surface area (Å²) in [5.41, 5.74) is 1.97. The number of piperidine rings is 1. The van der Waals surface area contributed by atoms with Crippen LogP contribution in [0.25, 0.3) is 0 Å². The summed E-state index contributed by atoms with van der Waals surface area (Å²) in [5.74, 6) is 0.155. The van der Waals surface area contributed by atoms with Gasteiger partial charge in [0.25, 0.3) is 5.91 Å². The largest absolute Gasteiger partial charge is 0.375 e. The summed E-state index contributed by atoms with van der Waals surface area (Å²) in [6.45, 7) is 4.94. The van der Waals surface area contributed by atoms with E-state index in [9.17, 15) is 4.79 Å². The first-order chi connectivity index (χ1) is 10.7. The van der Waals surface area contributed by atoms with E-state index < -0.39 is 0 Å². The Morgan fingerprint density at radius 1 is 1.29 bits per heavy atom. The van der Waals surface area contributed by atoms with Crippen molar-refractivity contribution in [2.45, 2.75) is 38.6 Å². The van der Waals surface area contributed by atoms with Crippen molar-refractivity contribution in [2.75, 3.05) is 38.6 Å². The fourth-order valence-corrected chi connectivity index (χ4v) is 2.96. The molecule has 0 saturated carbocycles. The molecule has 0 aliphatic carbocycles. The number of likely N-dealkylation sites (tertiary alicyclic amines) is 1. The van der Waals surface area contributed by atoms with Crippen molar-refractivity contribution in [3.63, 3.8) is 0 Å². The van der Waals surface area contributed by atoms with Gasteiger partial charge in [0.1, 0.15) is 0 Å². The highest BCUT2D eigenvalue weighted by Gasteiger charge is 2.23. The van der Waals surface area contributed by atoms with E-state index in [0.717, 1.165) is 38.0 Å². The molecule has 1 unspecified atom stereocenters. The fraction of sp³-hybridized carbons (Fsp3) is 0.611. The Balaban J connectivity index is 0.00000264. The molecule has 1 aliphatic heterocycles. The summed E-state index contributed by atoms with van der Waals surface area (Å²) in [6, 6.07) is 8.47. The number of carbonyl (C=O) groups excluding carboxylic acids is 1. The van der Waals surface area contributed by atoms with Gasteiger partial charge in [-0.1, -0.05) is 13.3 Å². The van der Waals surface area contributed by atoms with E-state index in [1.54, 1.807) is 0 Å². The summed E-state index contributed by atoms with van der Waals surface area (Å²) < 4.78 is 0. The molecule has 1 aromatic rings. The van der Waals surface area contributed by atoms with Crippen molar-refractivity contribution in [1.82, 2.24) is 10.2 Å². The summed E-state index contributed by atoms with van der Waals surface area (Å²) in [7, 11) is 4.08. The molecule has 138 valence electrons. The number of nitrogens with zero attached hydrogens (tertiary/aromatic N) is 2. The molecule has 0 aromatic heterocycles. The highest BCUT2D eigenvalue weighted by atomic mass is 35.5. The van der Waals surface area contributed by atoms with Crippen LogP contribution in [0.1, 0.15) is 43.0 Å². The molecule has 1 amide bonds. The molecule has 1 N–H and O–H groups in total. The summed E-state index contributed by atoms with van der Waals surface area (Å²) in [6.07, 6.45) is 4.62. The minimum absolute atomic E-state index is 0. The zero-order chi connectivity index (χ0) is 15.9. The lowest BCUT2D eigenvalue weighted by Gasteiger charge is -2.32. The van der Waals surface area contributed by atoms with E-state index in [-0.39, 0.29) is 30.7 Å². The van der Waals surface area contributed by atoms with Gasteiger partial charge in [0.15, 0.2) is 0 Å². The van der Waals surface area contributed by atoms with Crippen molar-refractivity contribution in [2.24, 2.45) is 0 Å². The number of nitrogens with one attached hydrogen (secondary N) is 1. The number of benzene rings is 1. The summed E-state index contributed by atoms with van der Waals surface area (Å²) in [5, 5.41) is 3.28. The van der Waals surface area contributed by atoms with Gasteiger partial charge in [-0.2, -0.15) is 0 Å². The molecule has 1 fully saturated rings. The van der Waals surface area contributed by atoms with Crippen molar-refractivity contribution in [1.29, 1.82) is 0 Å². The number of halogens is 2. The molecule has 1 aromatic carbocycles. The molecule has 24 heavy (non-hydrogen) atoms. The lowest BCUT2D eigenvalue weighted by molar-refractivity contribution is 0.0698.